The van der Waals surface area contributed by atoms with Gasteiger partial charge in [0.1, 0.15) is 23.9 Å². The molecule has 0 saturated carbocycles. The molecule has 0 spiro atoms. The van der Waals surface area contributed by atoms with E-state index in [9.17, 15) is 19.1 Å². The van der Waals surface area contributed by atoms with Gasteiger partial charge in [0, 0.05) is 16.3 Å². The fourth-order valence-electron chi connectivity index (χ4n) is 4.94. The molecule has 1 amide bonds. The summed E-state index contributed by atoms with van der Waals surface area (Å²) in [6.07, 6.45) is 0. The number of benzene rings is 4. The second-order valence-electron chi connectivity index (χ2n) is 10.3. The van der Waals surface area contributed by atoms with E-state index in [0.717, 1.165) is 28.0 Å². The molecule has 226 valence electrons. The maximum atomic E-state index is 13.9. The van der Waals surface area contributed by atoms with Crippen molar-refractivity contribution in [3.63, 3.8) is 0 Å². The van der Waals surface area contributed by atoms with Crippen molar-refractivity contribution in [2.75, 3.05) is 4.90 Å². The first-order chi connectivity index (χ1) is 21.8. The number of carbonyl (C=O) groups excluding carboxylic acids is 2. The summed E-state index contributed by atoms with van der Waals surface area (Å²) in [7, 11) is 0. The summed E-state index contributed by atoms with van der Waals surface area (Å²) in [5.41, 5.74) is 3.67. The molecule has 1 aliphatic heterocycles. The number of ether oxygens (including phenoxy) is 1. The highest BCUT2D eigenvalue weighted by molar-refractivity contribution is 8.00. The maximum Gasteiger partial charge on any atom is 0.301 e. The van der Waals surface area contributed by atoms with Crippen molar-refractivity contribution in [2.45, 2.75) is 29.7 Å². The number of aliphatic hydroxyl groups is 1. The van der Waals surface area contributed by atoms with Gasteiger partial charge in [-0.15, -0.1) is 10.2 Å². The third-order valence-electron chi connectivity index (χ3n) is 7.16. The minimum atomic E-state index is -1.06. The van der Waals surface area contributed by atoms with Crippen LogP contribution in [0.4, 0.5) is 9.52 Å². The highest BCUT2D eigenvalue weighted by atomic mass is 35.5. The van der Waals surface area contributed by atoms with E-state index in [4.69, 9.17) is 16.3 Å². The SMILES string of the molecule is Cc1cccc(COc2ccc(/C(O)=C3\C(=O)C(=O)N(c4nnc(SCc5ccccc5Cl)s4)C3c3ccc(F)cc3)cc2)c1. The number of ketones is 1. The fraction of sp³-hybridized carbons (Fsp3) is 0.118. The highest BCUT2D eigenvalue weighted by Gasteiger charge is 2.48. The van der Waals surface area contributed by atoms with Crippen LogP contribution in [0.15, 0.2) is 107 Å². The van der Waals surface area contributed by atoms with Crippen molar-refractivity contribution in [3.8, 4) is 5.75 Å². The zero-order chi connectivity index (χ0) is 31.5. The number of hydrogen-bond donors (Lipinski definition) is 1. The first-order valence-corrected chi connectivity index (χ1v) is 16.0. The summed E-state index contributed by atoms with van der Waals surface area (Å²) in [6.45, 7) is 2.37. The van der Waals surface area contributed by atoms with E-state index in [1.54, 1.807) is 30.3 Å². The van der Waals surface area contributed by atoms with E-state index in [2.05, 4.69) is 10.2 Å². The van der Waals surface area contributed by atoms with Crippen molar-refractivity contribution in [1.29, 1.82) is 0 Å². The molecule has 2 heterocycles. The summed E-state index contributed by atoms with van der Waals surface area (Å²) in [5.74, 6) is -1.51. The topological polar surface area (TPSA) is 92.6 Å². The van der Waals surface area contributed by atoms with Gasteiger partial charge in [-0.3, -0.25) is 14.5 Å². The van der Waals surface area contributed by atoms with Gasteiger partial charge < -0.3 is 9.84 Å². The predicted molar refractivity (Wildman–Crippen MR) is 174 cm³/mol. The molecule has 0 radical (unpaired) electrons. The van der Waals surface area contributed by atoms with Crippen LogP contribution < -0.4 is 9.64 Å². The Labute approximate surface area is 272 Å². The average Bonchev–Trinajstić information content (AvgIpc) is 3.61. The molecule has 4 aromatic carbocycles. The molecular weight excluding hydrogens is 633 g/mol. The van der Waals surface area contributed by atoms with Crippen molar-refractivity contribution >= 4 is 57.3 Å². The largest absolute Gasteiger partial charge is 0.507 e. The lowest BCUT2D eigenvalue weighted by Gasteiger charge is -2.22. The van der Waals surface area contributed by atoms with Crippen LogP contribution in [0, 0.1) is 12.7 Å². The number of aliphatic hydroxyl groups excluding tert-OH is 1. The van der Waals surface area contributed by atoms with Crippen LogP contribution in [0.1, 0.15) is 33.9 Å². The number of anilines is 1. The van der Waals surface area contributed by atoms with E-state index in [0.29, 0.717) is 38.6 Å². The summed E-state index contributed by atoms with van der Waals surface area (Å²) in [6, 6.07) is 26.4. The van der Waals surface area contributed by atoms with Gasteiger partial charge in [0.2, 0.25) is 5.13 Å². The van der Waals surface area contributed by atoms with Crippen molar-refractivity contribution in [3.05, 3.63) is 141 Å². The van der Waals surface area contributed by atoms with Gasteiger partial charge in [0.05, 0.1) is 11.6 Å². The summed E-state index contributed by atoms with van der Waals surface area (Å²) < 4.78 is 20.4. The Balaban J connectivity index is 1.30. The van der Waals surface area contributed by atoms with Crippen molar-refractivity contribution < 1.29 is 23.8 Å². The molecule has 6 rings (SSSR count). The van der Waals surface area contributed by atoms with Gasteiger partial charge in [-0.1, -0.05) is 94.9 Å². The molecule has 0 bridgehead atoms. The Morgan fingerprint density at radius 1 is 1.00 bits per heavy atom. The number of aryl methyl sites for hydroxylation is 1. The number of nitrogens with zero attached hydrogens (tertiary/aromatic N) is 3. The Morgan fingerprint density at radius 3 is 2.49 bits per heavy atom. The van der Waals surface area contributed by atoms with E-state index >= 15 is 0 Å². The third-order valence-corrected chi connectivity index (χ3v) is 9.63. The third kappa shape index (κ3) is 6.63. The number of aromatic nitrogens is 2. The molecule has 1 aliphatic rings. The summed E-state index contributed by atoms with van der Waals surface area (Å²) in [4.78, 5) is 28.2. The van der Waals surface area contributed by atoms with Gasteiger partial charge in [0.25, 0.3) is 5.78 Å². The predicted octanol–water partition coefficient (Wildman–Crippen LogP) is 8.14. The first-order valence-electron chi connectivity index (χ1n) is 13.8. The van der Waals surface area contributed by atoms with Gasteiger partial charge >= 0.3 is 5.91 Å². The lowest BCUT2D eigenvalue weighted by molar-refractivity contribution is -0.132. The van der Waals surface area contributed by atoms with Crippen LogP contribution in [0.2, 0.25) is 5.02 Å². The standard InChI is InChI=1S/C34H25ClFN3O4S2/c1-20-5-4-6-21(17-20)18-43-26-15-11-23(12-16-26)30(40)28-29(22-9-13-25(36)14-10-22)39(32(42)31(28)41)33-37-38-34(45-33)44-19-24-7-2-3-8-27(24)35/h2-17,29,40H,18-19H2,1H3/b30-28+. The Kier molecular flexibility index (Phi) is 8.97. The van der Waals surface area contributed by atoms with E-state index < -0.39 is 23.5 Å². The van der Waals surface area contributed by atoms with Gasteiger partial charge in [-0.2, -0.15) is 0 Å². The Morgan fingerprint density at radius 2 is 1.76 bits per heavy atom. The fourth-order valence-corrected chi connectivity index (χ4v) is 7.09. The number of thioether (sulfide) groups is 1. The zero-order valence-electron chi connectivity index (χ0n) is 23.8. The molecule has 1 N–H and O–H groups in total. The number of Topliss-reactive ketones (excluding diaryl/α,β-unsaturated/α-hetero) is 1. The molecule has 1 atom stereocenters. The molecule has 0 aliphatic carbocycles. The number of hydrogen-bond acceptors (Lipinski definition) is 8. The summed E-state index contributed by atoms with van der Waals surface area (Å²) in [5, 5.41) is 20.7. The minimum absolute atomic E-state index is 0.138. The van der Waals surface area contributed by atoms with Crippen LogP contribution in [-0.2, 0) is 21.9 Å². The molecule has 1 fully saturated rings. The summed E-state index contributed by atoms with van der Waals surface area (Å²) >= 11 is 8.81. The molecule has 1 saturated heterocycles. The molecule has 7 nitrogen and oxygen atoms in total. The smallest absolute Gasteiger partial charge is 0.301 e. The highest BCUT2D eigenvalue weighted by Crippen LogP contribution is 2.44. The second kappa shape index (κ2) is 13.2. The molecule has 5 aromatic rings. The van der Waals surface area contributed by atoms with Crippen LogP contribution in [-0.4, -0.2) is 27.0 Å². The maximum absolute atomic E-state index is 13.9. The normalized spacial score (nSPS) is 15.9. The quantitative estimate of drug-likeness (QED) is 0.0562. The Hall–Kier alpha value is -4.51. The first kappa shape index (κ1) is 30.5. The van der Waals surface area contributed by atoms with Crippen molar-refractivity contribution in [1.82, 2.24) is 10.2 Å². The molecule has 45 heavy (non-hydrogen) atoms. The second-order valence-corrected chi connectivity index (χ2v) is 12.8. The number of rotatable bonds is 9. The van der Waals surface area contributed by atoms with E-state index in [1.807, 2.05) is 49.4 Å². The lowest BCUT2D eigenvalue weighted by Crippen LogP contribution is -2.29. The zero-order valence-corrected chi connectivity index (χ0v) is 26.2. The molecule has 1 unspecified atom stereocenters. The van der Waals surface area contributed by atoms with Gasteiger partial charge in [-0.05, 0) is 66.1 Å². The minimum Gasteiger partial charge on any atom is -0.507 e. The van der Waals surface area contributed by atoms with Crippen molar-refractivity contribution in [2.24, 2.45) is 0 Å². The number of amides is 1. The molecule has 11 heteroatoms. The number of halogens is 2. The van der Waals surface area contributed by atoms with Gasteiger partial charge in [-0.25, -0.2) is 4.39 Å². The average molecular weight is 658 g/mol. The van der Waals surface area contributed by atoms with Crippen LogP contribution in [0.5, 0.6) is 5.75 Å². The monoisotopic (exact) mass is 657 g/mol. The molecule has 1 aromatic heterocycles. The van der Waals surface area contributed by atoms with Gasteiger partial charge in [0.15, 0.2) is 4.34 Å². The van der Waals surface area contributed by atoms with E-state index in [1.165, 1.54) is 40.9 Å². The number of carbonyl (C=O) groups is 2. The molecular formula is C34H25ClFN3O4S2. The van der Waals surface area contributed by atoms with Crippen LogP contribution in [0.3, 0.4) is 0 Å². The van der Waals surface area contributed by atoms with Crippen LogP contribution in [0.25, 0.3) is 5.76 Å². The lowest BCUT2D eigenvalue weighted by atomic mass is 9.95. The van der Waals surface area contributed by atoms with E-state index in [-0.39, 0.29) is 16.5 Å². The Bertz CT molecular complexity index is 1910. The van der Waals surface area contributed by atoms with Crippen LogP contribution >= 0.6 is 34.7 Å².